The summed E-state index contributed by atoms with van der Waals surface area (Å²) in [5, 5.41) is 9.26. The third-order valence-electron chi connectivity index (χ3n) is 3.83. The molecule has 2 atom stereocenters. The second kappa shape index (κ2) is 10.2. The van der Waals surface area contributed by atoms with Gasteiger partial charge >= 0.3 is 5.97 Å². The van der Waals surface area contributed by atoms with Gasteiger partial charge in [0.15, 0.2) is 11.9 Å². The summed E-state index contributed by atoms with van der Waals surface area (Å²) in [5.74, 6) is -1.05. The molecule has 27 heavy (non-hydrogen) atoms. The summed E-state index contributed by atoms with van der Waals surface area (Å²) in [6.45, 7) is 8.48. The van der Waals surface area contributed by atoms with Gasteiger partial charge < -0.3 is 9.84 Å². The van der Waals surface area contributed by atoms with Crippen LogP contribution in [0.5, 0.6) is 5.75 Å². The number of allylic oxidation sites excluding steroid dienone is 4. The monoisotopic (exact) mass is 376 g/mol. The first kappa shape index (κ1) is 22.0. The van der Waals surface area contributed by atoms with Crippen LogP contribution in [0.3, 0.4) is 0 Å². The van der Waals surface area contributed by atoms with Crippen LogP contribution in [0.4, 0.5) is 8.78 Å². The molecule has 4 nitrogen and oxygen atoms in total. The Bertz CT molecular complexity index is 791. The molecule has 2 unspecified atom stereocenters. The Kier molecular flexibility index (Phi) is 8.33. The summed E-state index contributed by atoms with van der Waals surface area (Å²) < 4.78 is 28.6. The number of carbonyl (C=O) groups is 2. The van der Waals surface area contributed by atoms with Crippen molar-refractivity contribution in [3.8, 4) is 5.75 Å². The lowest BCUT2D eigenvalue weighted by Gasteiger charge is -2.26. The van der Waals surface area contributed by atoms with Gasteiger partial charge in [-0.05, 0) is 36.8 Å². The predicted octanol–water partition coefficient (Wildman–Crippen LogP) is 4.73. The summed E-state index contributed by atoms with van der Waals surface area (Å²) >= 11 is 0. The molecule has 0 aliphatic carbocycles. The van der Waals surface area contributed by atoms with Gasteiger partial charge in [-0.25, -0.2) is 9.18 Å². The molecule has 1 heterocycles. The lowest BCUT2D eigenvalue weighted by Crippen LogP contribution is -2.34. The zero-order valence-electron chi connectivity index (χ0n) is 15.2. The van der Waals surface area contributed by atoms with Gasteiger partial charge in [0.25, 0.3) is 0 Å². The SMILES string of the molecule is C=C/C=C(\C=C)CC(=O)c1ccc2c(c1)C=C(C(=O)O)C(C(C)F)O2.CF. The molecule has 0 fully saturated rings. The number of hydrogen-bond acceptors (Lipinski definition) is 3. The van der Waals surface area contributed by atoms with Crippen molar-refractivity contribution in [3.05, 3.63) is 71.9 Å². The minimum absolute atomic E-state index is 0.148. The van der Waals surface area contributed by atoms with Crippen LogP contribution < -0.4 is 4.74 Å². The molecule has 2 rings (SSSR count). The average Bonchev–Trinajstić information content (AvgIpc) is 2.67. The van der Waals surface area contributed by atoms with Crippen molar-refractivity contribution >= 4 is 17.8 Å². The molecule has 144 valence electrons. The largest absolute Gasteiger partial charge is 0.482 e. The molecule has 1 N–H and O–H groups in total. The van der Waals surface area contributed by atoms with Crippen LogP contribution in [0.15, 0.2) is 60.7 Å². The van der Waals surface area contributed by atoms with E-state index in [2.05, 4.69) is 13.2 Å². The number of benzene rings is 1. The van der Waals surface area contributed by atoms with Gasteiger partial charge in [0.1, 0.15) is 11.9 Å². The number of carboxylic acids is 1. The van der Waals surface area contributed by atoms with E-state index in [0.717, 1.165) is 5.57 Å². The van der Waals surface area contributed by atoms with Crippen molar-refractivity contribution in [3.63, 3.8) is 0 Å². The lowest BCUT2D eigenvalue weighted by molar-refractivity contribution is -0.133. The number of ketones is 1. The summed E-state index contributed by atoms with van der Waals surface area (Å²) in [6, 6.07) is 4.68. The van der Waals surface area contributed by atoms with Crippen molar-refractivity contribution in [1.29, 1.82) is 0 Å². The molecule has 1 aliphatic rings. The number of ether oxygens (including phenoxy) is 1. The van der Waals surface area contributed by atoms with Crippen LogP contribution in [-0.2, 0) is 4.79 Å². The van der Waals surface area contributed by atoms with Crippen molar-refractivity contribution in [2.45, 2.75) is 25.6 Å². The number of carbonyl (C=O) groups excluding carboxylic acids is 1. The predicted molar refractivity (Wildman–Crippen MR) is 101 cm³/mol. The van der Waals surface area contributed by atoms with Gasteiger partial charge in [-0.2, -0.15) is 0 Å². The van der Waals surface area contributed by atoms with Crippen LogP contribution in [0.2, 0.25) is 0 Å². The number of alkyl halides is 2. The standard InChI is InChI=1S/C20H19FO4.CH3F/c1-4-6-13(5-2)9-17(22)14-7-8-18-15(10-14)11-16(20(23)24)19(25-18)12(3)21;1-2/h4-8,10-12,19H,1-2,9H2,3H3,(H,23,24);1H3/b13-6+;. The van der Waals surface area contributed by atoms with E-state index >= 15 is 0 Å². The van der Waals surface area contributed by atoms with E-state index in [0.29, 0.717) is 24.1 Å². The first-order chi connectivity index (χ1) is 12.9. The van der Waals surface area contributed by atoms with E-state index in [4.69, 9.17) is 4.74 Å². The Balaban J connectivity index is 0.00000176. The maximum Gasteiger partial charge on any atom is 0.335 e. The van der Waals surface area contributed by atoms with E-state index in [9.17, 15) is 23.5 Å². The Morgan fingerprint density at radius 3 is 2.52 bits per heavy atom. The van der Waals surface area contributed by atoms with Gasteiger partial charge in [-0.3, -0.25) is 9.18 Å². The van der Waals surface area contributed by atoms with E-state index in [1.54, 1.807) is 36.4 Å². The molecule has 0 radical (unpaired) electrons. The number of rotatable bonds is 7. The van der Waals surface area contributed by atoms with E-state index in [-0.39, 0.29) is 17.8 Å². The zero-order chi connectivity index (χ0) is 20.6. The van der Waals surface area contributed by atoms with Crippen LogP contribution >= 0.6 is 0 Å². The zero-order valence-corrected chi connectivity index (χ0v) is 15.2. The minimum Gasteiger partial charge on any atom is -0.482 e. The van der Waals surface area contributed by atoms with Crippen LogP contribution in [0, 0.1) is 0 Å². The Morgan fingerprint density at radius 2 is 2.00 bits per heavy atom. The van der Waals surface area contributed by atoms with Crippen LogP contribution in [0.1, 0.15) is 29.3 Å². The third kappa shape index (κ3) is 5.48. The van der Waals surface area contributed by atoms with E-state index in [1.165, 1.54) is 13.0 Å². The van der Waals surface area contributed by atoms with Crippen molar-refractivity contribution in [2.75, 3.05) is 7.18 Å². The number of fused-ring (bicyclic) bond motifs is 1. The highest BCUT2D eigenvalue weighted by Gasteiger charge is 2.32. The Labute approximate surface area is 157 Å². The smallest absolute Gasteiger partial charge is 0.335 e. The molecular weight excluding hydrogens is 354 g/mol. The second-order valence-electron chi connectivity index (χ2n) is 5.65. The highest BCUT2D eigenvalue weighted by atomic mass is 19.1. The summed E-state index contributed by atoms with van der Waals surface area (Å²) in [7, 11) is 0.500. The van der Waals surface area contributed by atoms with Crippen molar-refractivity contribution < 1.29 is 28.2 Å². The van der Waals surface area contributed by atoms with E-state index in [1.807, 2.05) is 0 Å². The molecule has 0 saturated heterocycles. The molecule has 0 bridgehead atoms. The summed E-state index contributed by atoms with van der Waals surface area (Å²) in [5.41, 5.74) is 1.40. The fourth-order valence-electron chi connectivity index (χ4n) is 2.55. The Morgan fingerprint density at radius 1 is 1.33 bits per heavy atom. The maximum absolute atomic E-state index is 13.6. The van der Waals surface area contributed by atoms with Crippen LogP contribution in [0.25, 0.3) is 6.08 Å². The third-order valence-corrected chi connectivity index (χ3v) is 3.83. The fourth-order valence-corrected chi connectivity index (χ4v) is 2.55. The molecule has 0 saturated carbocycles. The molecule has 1 aromatic carbocycles. The number of aliphatic carboxylic acids is 1. The molecule has 1 aromatic rings. The number of Topliss-reactive ketones (excluding diaryl/α,β-unsaturated/α-hetero) is 1. The molecule has 6 heteroatoms. The molecule has 0 spiro atoms. The molecule has 0 aromatic heterocycles. The summed E-state index contributed by atoms with van der Waals surface area (Å²) in [6.07, 6.45) is 3.70. The summed E-state index contributed by atoms with van der Waals surface area (Å²) in [4.78, 5) is 23.7. The molecular formula is C21H22F2O4. The number of hydrogen-bond donors (Lipinski definition) is 1. The topological polar surface area (TPSA) is 63.6 Å². The first-order valence-electron chi connectivity index (χ1n) is 8.12. The van der Waals surface area contributed by atoms with Crippen molar-refractivity contribution in [1.82, 2.24) is 0 Å². The quantitative estimate of drug-likeness (QED) is 0.552. The van der Waals surface area contributed by atoms with Gasteiger partial charge in [-0.1, -0.05) is 31.4 Å². The lowest BCUT2D eigenvalue weighted by atomic mass is 9.95. The van der Waals surface area contributed by atoms with Crippen LogP contribution in [-0.4, -0.2) is 36.3 Å². The second-order valence-corrected chi connectivity index (χ2v) is 5.65. The Hall–Kier alpha value is -3.02. The number of carboxylic acid groups (broad SMARTS) is 1. The number of halogens is 2. The molecule has 0 amide bonds. The first-order valence-corrected chi connectivity index (χ1v) is 8.12. The highest BCUT2D eigenvalue weighted by molar-refractivity contribution is 6.00. The average molecular weight is 376 g/mol. The minimum atomic E-state index is -1.48. The normalized spacial score (nSPS) is 16.5. The van der Waals surface area contributed by atoms with Gasteiger partial charge in [-0.15, -0.1) is 0 Å². The maximum atomic E-state index is 13.6. The van der Waals surface area contributed by atoms with Gasteiger partial charge in [0, 0.05) is 17.5 Å². The van der Waals surface area contributed by atoms with Crippen molar-refractivity contribution in [2.24, 2.45) is 0 Å². The van der Waals surface area contributed by atoms with Gasteiger partial charge in [0.05, 0.1) is 12.8 Å². The van der Waals surface area contributed by atoms with Gasteiger partial charge in [0.2, 0.25) is 0 Å². The van der Waals surface area contributed by atoms with E-state index < -0.39 is 18.2 Å². The highest BCUT2D eigenvalue weighted by Crippen LogP contribution is 2.33. The fraction of sp³-hybridized carbons (Fsp3) is 0.238. The molecule has 1 aliphatic heterocycles.